The van der Waals surface area contributed by atoms with E-state index in [1.54, 1.807) is 6.33 Å². The Bertz CT molecular complexity index is 585. The Morgan fingerprint density at radius 2 is 2.15 bits per heavy atom. The van der Waals surface area contributed by atoms with Crippen molar-refractivity contribution in [1.29, 1.82) is 0 Å². The van der Waals surface area contributed by atoms with Gasteiger partial charge in [0.2, 0.25) is 0 Å². The molecule has 5 nitrogen and oxygen atoms in total. The Morgan fingerprint density at radius 1 is 1.40 bits per heavy atom. The van der Waals surface area contributed by atoms with E-state index in [9.17, 15) is 5.11 Å². The first kappa shape index (κ1) is 13.4. The van der Waals surface area contributed by atoms with E-state index in [4.69, 9.17) is 0 Å². The van der Waals surface area contributed by atoms with Crippen molar-refractivity contribution in [3.63, 3.8) is 0 Å². The van der Waals surface area contributed by atoms with Crippen molar-refractivity contribution in [3.8, 4) is 0 Å². The van der Waals surface area contributed by atoms with Crippen LogP contribution in [0, 0.1) is 5.92 Å². The van der Waals surface area contributed by atoms with Crippen molar-refractivity contribution in [2.45, 2.75) is 39.2 Å². The van der Waals surface area contributed by atoms with Crippen molar-refractivity contribution >= 4 is 16.9 Å². The molecule has 0 amide bonds. The highest BCUT2D eigenvalue weighted by Gasteiger charge is 2.25. The van der Waals surface area contributed by atoms with E-state index in [2.05, 4.69) is 26.8 Å². The first-order valence-electron chi connectivity index (χ1n) is 7.44. The van der Waals surface area contributed by atoms with Crippen molar-refractivity contribution in [1.82, 2.24) is 15.0 Å². The number of aromatic amines is 1. The molecule has 2 N–H and O–H groups in total. The summed E-state index contributed by atoms with van der Waals surface area (Å²) in [7, 11) is 0. The second-order valence-corrected chi connectivity index (χ2v) is 5.65. The molecule has 3 rings (SSSR count). The summed E-state index contributed by atoms with van der Waals surface area (Å²) in [5.41, 5.74) is 2.19. The SMILES string of the molecule is CCc1c[nH]c2ncnc(N3CCC(C(C)O)CC3)c12. The zero-order chi connectivity index (χ0) is 14.1. The normalized spacial score (nSPS) is 18.6. The van der Waals surface area contributed by atoms with E-state index in [-0.39, 0.29) is 6.10 Å². The van der Waals surface area contributed by atoms with Crippen LogP contribution >= 0.6 is 0 Å². The highest BCUT2D eigenvalue weighted by Crippen LogP contribution is 2.30. The lowest BCUT2D eigenvalue weighted by molar-refractivity contribution is 0.110. The number of aliphatic hydroxyl groups excluding tert-OH is 1. The van der Waals surface area contributed by atoms with Gasteiger partial charge in [-0.3, -0.25) is 0 Å². The predicted molar refractivity (Wildman–Crippen MR) is 79.9 cm³/mol. The topological polar surface area (TPSA) is 65.0 Å². The lowest BCUT2D eigenvalue weighted by Crippen LogP contribution is -2.37. The monoisotopic (exact) mass is 274 g/mol. The third kappa shape index (κ3) is 2.26. The fraction of sp³-hybridized carbons (Fsp3) is 0.600. The van der Waals surface area contributed by atoms with E-state index >= 15 is 0 Å². The average molecular weight is 274 g/mol. The number of aryl methyl sites for hydroxylation is 1. The summed E-state index contributed by atoms with van der Waals surface area (Å²) in [6.07, 6.45) is 6.48. The van der Waals surface area contributed by atoms with Crippen LogP contribution in [0.15, 0.2) is 12.5 Å². The number of rotatable bonds is 3. The van der Waals surface area contributed by atoms with Gasteiger partial charge in [-0.2, -0.15) is 0 Å². The highest BCUT2D eigenvalue weighted by molar-refractivity contribution is 5.90. The molecule has 1 atom stereocenters. The van der Waals surface area contributed by atoms with Crippen molar-refractivity contribution in [3.05, 3.63) is 18.1 Å². The van der Waals surface area contributed by atoms with Crippen LogP contribution in [-0.4, -0.2) is 39.3 Å². The van der Waals surface area contributed by atoms with Gasteiger partial charge in [0.05, 0.1) is 11.5 Å². The zero-order valence-electron chi connectivity index (χ0n) is 12.1. The molecule has 0 spiro atoms. The van der Waals surface area contributed by atoms with Crippen LogP contribution in [-0.2, 0) is 6.42 Å². The van der Waals surface area contributed by atoms with Gasteiger partial charge < -0.3 is 15.0 Å². The quantitative estimate of drug-likeness (QED) is 0.900. The average Bonchev–Trinajstić information content (AvgIpc) is 2.90. The van der Waals surface area contributed by atoms with Gasteiger partial charge in [-0.15, -0.1) is 0 Å². The Hall–Kier alpha value is -1.62. The molecular weight excluding hydrogens is 252 g/mol. The molecule has 5 heteroatoms. The summed E-state index contributed by atoms with van der Waals surface area (Å²) >= 11 is 0. The first-order valence-corrected chi connectivity index (χ1v) is 7.44. The van der Waals surface area contributed by atoms with E-state index in [1.165, 1.54) is 5.56 Å². The van der Waals surface area contributed by atoms with Gasteiger partial charge in [-0.1, -0.05) is 6.92 Å². The van der Waals surface area contributed by atoms with Crippen molar-refractivity contribution in [2.75, 3.05) is 18.0 Å². The van der Waals surface area contributed by atoms with E-state index in [0.29, 0.717) is 5.92 Å². The third-order valence-electron chi connectivity index (χ3n) is 4.43. The Kier molecular flexibility index (Phi) is 3.61. The number of fused-ring (bicyclic) bond motifs is 1. The molecule has 20 heavy (non-hydrogen) atoms. The van der Waals surface area contributed by atoms with Crippen LogP contribution in [0.3, 0.4) is 0 Å². The molecular formula is C15H22N4O. The number of nitrogens with zero attached hydrogens (tertiary/aromatic N) is 3. The molecule has 1 saturated heterocycles. The van der Waals surface area contributed by atoms with Crippen LogP contribution in [0.25, 0.3) is 11.0 Å². The van der Waals surface area contributed by atoms with Crippen LogP contribution in [0.5, 0.6) is 0 Å². The van der Waals surface area contributed by atoms with E-state index < -0.39 is 0 Å². The van der Waals surface area contributed by atoms with Crippen molar-refractivity contribution in [2.24, 2.45) is 5.92 Å². The molecule has 0 bridgehead atoms. The Balaban J connectivity index is 1.89. The van der Waals surface area contributed by atoms with Gasteiger partial charge in [0, 0.05) is 19.3 Å². The van der Waals surface area contributed by atoms with Crippen LogP contribution in [0.4, 0.5) is 5.82 Å². The van der Waals surface area contributed by atoms with Crippen molar-refractivity contribution < 1.29 is 5.11 Å². The number of piperidine rings is 1. The van der Waals surface area contributed by atoms with E-state index in [1.807, 2.05) is 13.1 Å². The number of aliphatic hydroxyl groups is 1. The number of H-pyrrole nitrogens is 1. The predicted octanol–water partition coefficient (Wildman–Crippen LogP) is 2.12. The number of anilines is 1. The number of hydrogen-bond acceptors (Lipinski definition) is 4. The number of hydrogen-bond donors (Lipinski definition) is 2. The lowest BCUT2D eigenvalue weighted by Gasteiger charge is -2.34. The third-order valence-corrected chi connectivity index (χ3v) is 4.43. The smallest absolute Gasteiger partial charge is 0.143 e. The van der Waals surface area contributed by atoms with E-state index in [0.717, 1.165) is 49.2 Å². The molecule has 0 aliphatic carbocycles. The number of nitrogens with one attached hydrogen (secondary N) is 1. The van der Waals surface area contributed by atoms with Crippen LogP contribution in [0.1, 0.15) is 32.3 Å². The summed E-state index contributed by atoms with van der Waals surface area (Å²) in [5.74, 6) is 1.46. The van der Waals surface area contributed by atoms with Crippen LogP contribution < -0.4 is 4.90 Å². The Morgan fingerprint density at radius 3 is 2.80 bits per heavy atom. The molecule has 1 fully saturated rings. The largest absolute Gasteiger partial charge is 0.393 e. The number of aromatic nitrogens is 3. The molecule has 108 valence electrons. The highest BCUT2D eigenvalue weighted by atomic mass is 16.3. The molecule has 0 radical (unpaired) electrons. The van der Waals surface area contributed by atoms with Gasteiger partial charge in [-0.05, 0) is 37.7 Å². The maximum atomic E-state index is 9.71. The second kappa shape index (κ2) is 5.40. The molecule has 0 aromatic carbocycles. The minimum Gasteiger partial charge on any atom is -0.393 e. The summed E-state index contributed by atoms with van der Waals surface area (Å²) in [5, 5.41) is 10.9. The van der Waals surface area contributed by atoms with Gasteiger partial charge >= 0.3 is 0 Å². The molecule has 0 saturated carbocycles. The van der Waals surface area contributed by atoms with Gasteiger partial charge in [-0.25, -0.2) is 9.97 Å². The summed E-state index contributed by atoms with van der Waals surface area (Å²) in [4.78, 5) is 14.4. The summed E-state index contributed by atoms with van der Waals surface area (Å²) in [6.45, 7) is 5.95. The van der Waals surface area contributed by atoms with Gasteiger partial charge in [0.15, 0.2) is 0 Å². The summed E-state index contributed by atoms with van der Waals surface area (Å²) in [6, 6.07) is 0. The second-order valence-electron chi connectivity index (χ2n) is 5.65. The molecule has 1 aliphatic rings. The molecule has 2 aromatic rings. The van der Waals surface area contributed by atoms with Gasteiger partial charge in [0.1, 0.15) is 17.8 Å². The minimum atomic E-state index is -0.207. The lowest BCUT2D eigenvalue weighted by atomic mass is 9.92. The maximum Gasteiger partial charge on any atom is 0.143 e. The fourth-order valence-corrected chi connectivity index (χ4v) is 3.12. The standard InChI is InChI=1S/C15H22N4O/c1-3-11-8-16-14-13(11)15(18-9-17-14)19-6-4-12(5-7-19)10(2)20/h8-10,12,20H,3-7H2,1-2H3,(H,16,17,18). The molecule has 1 unspecified atom stereocenters. The Labute approximate surface area is 119 Å². The summed E-state index contributed by atoms with van der Waals surface area (Å²) < 4.78 is 0. The molecule has 1 aliphatic heterocycles. The molecule has 3 heterocycles. The first-order chi connectivity index (χ1) is 9.70. The molecule has 2 aromatic heterocycles. The zero-order valence-corrected chi connectivity index (χ0v) is 12.1. The fourth-order valence-electron chi connectivity index (χ4n) is 3.12. The van der Waals surface area contributed by atoms with Crippen LogP contribution in [0.2, 0.25) is 0 Å². The van der Waals surface area contributed by atoms with Gasteiger partial charge in [0.25, 0.3) is 0 Å². The maximum absolute atomic E-state index is 9.71. The minimum absolute atomic E-state index is 0.207.